The lowest BCUT2D eigenvalue weighted by molar-refractivity contribution is -0.125. The van der Waals surface area contributed by atoms with Crippen molar-refractivity contribution in [2.24, 2.45) is 0 Å². The van der Waals surface area contributed by atoms with Gasteiger partial charge in [-0.15, -0.1) is 11.3 Å². The number of aromatic nitrogens is 1. The van der Waals surface area contributed by atoms with Crippen molar-refractivity contribution in [2.45, 2.75) is 19.9 Å². The molecule has 1 saturated heterocycles. The van der Waals surface area contributed by atoms with Gasteiger partial charge in [0, 0.05) is 28.7 Å². The lowest BCUT2D eigenvalue weighted by Crippen LogP contribution is -2.30. The zero-order valence-corrected chi connectivity index (χ0v) is 17.7. The Morgan fingerprint density at radius 2 is 1.97 bits per heavy atom. The van der Waals surface area contributed by atoms with E-state index in [1.165, 1.54) is 4.90 Å². The van der Waals surface area contributed by atoms with E-state index in [0.29, 0.717) is 12.1 Å². The zero-order valence-electron chi connectivity index (χ0n) is 16.9. The third kappa shape index (κ3) is 3.59. The van der Waals surface area contributed by atoms with Crippen LogP contribution in [0.5, 0.6) is 0 Å². The molecular formula is C23H20N4O3S. The second-order valence-electron chi connectivity index (χ2n) is 7.64. The molecule has 8 heteroatoms. The van der Waals surface area contributed by atoms with Crippen LogP contribution in [0.2, 0.25) is 0 Å². The maximum absolute atomic E-state index is 13.1. The van der Waals surface area contributed by atoms with Crippen LogP contribution < -0.4 is 10.2 Å². The van der Waals surface area contributed by atoms with Gasteiger partial charge in [-0.05, 0) is 48.7 Å². The summed E-state index contributed by atoms with van der Waals surface area (Å²) in [5.74, 6) is -0.302. The van der Waals surface area contributed by atoms with Crippen molar-refractivity contribution in [3.05, 3.63) is 69.5 Å². The Kier molecular flexibility index (Phi) is 4.78. The summed E-state index contributed by atoms with van der Waals surface area (Å²) >= 11 is 1.63. The number of thiazole rings is 1. The second-order valence-corrected chi connectivity index (χ2v) is 8.70. The Hall–Kier alpha value is -3.52. The minimum Gasteiger partial charge on any atom is -0.329 e. The van der Waals surface area contributed by atoms with E-state index in [1.54, 1.807) is 40.5 Å². The van der Waals surface area contributed by atoms with Crippen LogP contribution in [-0.4, -0.2) is 40.8 Å². The van der Waals surface area contributed by atoms with Crippen LogP contribution >= 0.6 is 11.3 Å². The Labute approximate surface area is 183 Å². The predicted molar refractivity (Wildman–Crippen MR) is 118 cm³/mol. The average molecular weight is 433 g/mol. The van der Waals surface area contributed by atoms with E-state index in [9.17, 15) is 14.4 Å². The number of carbonyl (C=O) groups is 3. The van der Waals surface area contributed by atoms with Gasteiger partial charge in [-0.2, -0.15) is 0 Å². The van der Waals surface area contributed by atoms with Crippen molar-refractivity contribution in [3.8, 4) is 11.3 Å². The fourth-order valence-corrected chi connectivity index (χ4v) is 4.60. The molecule has 5 rings (SSSR count). The van der Waals surface area contributed by atoms with E-state index in [4.69, 9.17) is 0 Å². The van der Waals surface area contributed by atoms with Gasteiger partial charge in [0.2, 0.25) is 5.91 Å². The van der Waals surface area contributed by atoms with Gasteiger partial charge in [0.25, 0.3) is 5.91 Å². The number of hydrogen-bond donors (Lipinski definition) is 1. The summed E-state index contributed by atoms with van der Waals surface area (Å²) in [6.45, 7) is 2.86. The lowest BCUT2D eigenvalue weighted by atomic mass is 10.1. The minimum atomic E-state index is -0.383. The zero-order chi connectivity index (χ0) is 21.5. The monoisotopic (exact) mass is 432 g/mol. The van der Waals surface area contributed by atoms with Crippen LogP contribution in [0, 0.1) is 6.92 Å². The first-order chi connectivity index (χ1) is 15.0. The molecular weight excluding hydrogens is 412 g/mol. The Balaban J connectivity index is 1.32. The largest absolute Gasteiger partial charge is 0.329 e. The molecule has 0 atom stereocenters. The number of carbonyl (C=O) groups excluding carboxylic acids is 3. The molecule has 156 valence electrons. The van der Waals surface area contributed by atoms with Gasteiger partial charge in [-0.1, -0.05) is 18.2 Å². The molecule has 3 aromatic rings. The number of aryl methyl sites for hydroxylation is 1. The molecule has 2 aliphatic rings. The van der Waals surface area contributed by atoms with Crippen molar-refractivity contribution in [3.63, 3.8) is 0 Å². The summed E-state index contributed by atoms with van der Waals surface area (Å²) in [6, 6.07) is 12.8. The summed E-state index contributed by atoms with van der Waals surface area (Å²) in [7, 11) is 0. The van der Waals surface area contributed by atoms with Crippen molar-refractivity contribution in [1.82, 2.24) is 15.2 Å². The van der Waals surface area contributed by atoms with E-state index < -0.39 is 0 Å². The number of anilines is 1. The minimum absolute atomic E-state index is 0.0353. The number of fused-ring (bicyclic) bond motifs is 1. The molecule has 1 N–H and O–H groups in total. The summed E-state index contributed by atoms with van der Waals surface area (Å²) in [6.07, 6.45) is 0.808. The van der Waals surface area contributed by atoms with Gasteiger partial charge in [-0.25, -0.2) is 9.78 Å². The molecule has 2 aliphatic heterocycles. The quantitative estimate of drug-likeness (QED) is 0.641. The average Bonchev–Trinajstić information content (AvgIpc) is 3.48. The molecule has 0 saturated carbocycles. The van der Waals surface area contributed by atoms with Gasteiger partial charge in [0.1, 0.15) is 0 Å². The Morgan fingerprint density at radius 1 is 1.16 bits per heavy atom. The highest BCUT2D eigenvalue weighted by Gasteiger charge is 2.29. The van der Waals surface area contributed by atoms with Gasteiger partial charge < -0.3 is 10.2 Å². The SMILES string of the molecule is Cc1nc(-c2ccc3c(c2)CCN3C(=O)c2ccc(CN3C(=O)CNC3=O)cc2)cs1. The lowest BCUT2D eigenvalue weighted by Gasteiger charge is -2.18. The molecule has 4 amide bonds. The molecule has 31 heavy (non-hydrogen) atoms. The number of nitrogens with zero attached hydrogens (tertiary/aromatic N) is 3. The number of benzene rings is 2. The summed E-state index contributed by atoms with van der Waals surface area (Å²) in [5, 5.41) is 5.59. The van der Waals surface area contributed by atoms with Gasteiger partial charge in [0.05, 0.1) is 23.8 Å². The normalized spacial score (nSPS) is 15.4. The molecule has 0 aliphatic carbocycles. The highest BCUT2D eigenvalue weighted by Crippen LogP contribution is 2.33. The standard InChI is InChI=1S/C23H20N4O3S/c1-14-25-19(13-31-14)17-6-7-20-18(10-17)8-9-26(20)22(29)16-4-2-15(3-5-16)12-27-21(28)11-24-23(27)30/h2-7,10,13H,8-9,11-12H2,1H3,(H,24,30). The van der Waals surface area contributed by atoms with Crippen molar-refractivity contribution in [1.29, 1.82) is 0 Å². The van der Waals surface area contributed by atoms with Gasteiger partial charge in [0.15, 0.2) is 0 Å². The number of imide groups is 1. The number of urea groups is 1. The van der Waals surface area contributed by atoms with Crippen LogP contribution in [0.4, 0.5) is 10.5 Å². The highest BCUT2D eigenvalue weighted by molar-refractivity contribution is 7.09. The van der Waals surface area contributed by atoms with E-state index in [2.05, 4.69) is 21.7 Å². The van der Waals surface area contributed by atoms with E-state index in [0.717, 1.165) is 39.5 Å². The van der Waals surface area contributed by atoms with Crippen LogP contribution in [-0.2, 0) is 17.8 Å². The third-order valence-corrected chi connectivity index (χ3v) is 6.39. The first kappa shape index (κ1) is 19.4. The van der Waals surface area contributed by atoms with Crippen LogP contribution in [0.3, 0.4) is 0 Å². The molecule has 0 unspecified atom stereocenters. The smallest absolute Gasteiger partial charge is 0.324 e. The number of nitrogens with one attached hydrogen (secondary N) is 1. The molecule has 3 heterocycles. The maximum Gasteiger partial charge on any atom is 0.324 e. The van der Waals surface area contributed by atoms with Crippen LogP contribution in [0.1, 0.15) is 26.5 Å². The summed E-state index contributed by atoms with van der Waals surface area (Å²) in [4.78, 5) is 44.1. The van der Waals surface area contributed by atoms with Crippen molar-refractivity contribution < 1.29 is 14.4 Å². The molecule has 7 nitrogen and oxygen atoms in total. The Morgan fingerprint density at radius 3 is 2.65 bits per heavy atom. The first-order valence-corrected chi connectivity index (χ1v) is 10.9. The van der Waals surface area contributed by atoms with E-state index >= 15 is 0 Å². The topological polar surface area (TPSA) is 82.6 Å². The number of amides is 4. The summed E-state index contributed by atoms with van der Waals surface area (Å²) < 4.78 is 0. The highest BCUT2D eigenvalue weighted by atomic mass is 32.1. The van der Waals surface area contributed by atoms with Crippen LogP contribution in [0.25, 0.3) is 11.3 Å². The first-order valence-electron chi connectivity index (χ1n) is 10.0. The van der Waals surface area contributed by atoms with Crippen molar-refractivity contribution >= 4 is 34.9 Å². The molecule has 1 fully saturated rings. The van der Waals surface area contributed by atoms with Crippen LogP contribution in [0.15, 0.2) is 47.8 Å². The number of rotatable bonds is 4. The molecule has 0 spiro atoms. The molecule has 0 bridgehead atoms. The van der Waals surface area contributed by atoms with Gasteiger partial charge in [-0.3, -0.25) is 14.5 Å². The predicted octanol–water partition coefficient (Wildman–Crippen LogP) is 3.37. The maximum atomic E-state index is 13.1. The van der Waals surface area contributed by atoms with E-state index in [-0.39, 0.29) is 30.9 Å². The molecule has 2 aromatic carbocycles. The fourth-order valence-electron chi connectivity index (χ4n) is 3.97. The summed E-state index contributed by atoms with van der Waals surface area (Å²) in [5.41, 5.74) is 5.49. The fraction of sp³-hybridized carbons (Fsp3) is 0.217. The number of hydrogen-bond acceptors (Lipinski definition) is 5. The third-order valence-electron chi connectivity index (χ3n) is 5.61. The second kappa shape index (κ2) is 7.63. The van der Waals surface area contributed by atoms with E-state index in [1.807, 2.05) is 19.1 Å². The Bertz CT molecular complexity index is 1190. The van der Waals surface area contributed by atoms with Gasteiger partial charge >= 0.3 is 6.03 Å². The molecule has 0 radical (unpaired) electrons. The molecule has 1 aromatic heterocycles. The van der Waals surface area contributed by atoms with Crippen molar-refractivity contribution in [2.75, 3.05) is 18.0 Å².